The predicted molar refractivity (Wildman–Crippen MR) is 107 cm³/mol. The van der Waals surface area contributed by atoms with Gasteiger partial charge in [0.1, 0.15) is 0 Å². The van der Waals surface area contributed by atoms with Gasteiger partial charge in [-0.2, -0.15) is 0 Å². The van der Waals surface area contributed by atoms with Crippen molar-refractivity contribution in [2.75, 3.05) is 5.32 Å². The van der Waals surface area contributed by atoms with Gasteiger partial charge in [0.15, 0.2) is 5.78 Å². The highest BCUT2D eigenvalue weighted by Gasteiger charge is 2.17. The average molecular weight is 347 g/mol. The van der Waals surface area contributed by atoms with Gasteiger partial charge in [0, 0.05) is 23.7 Å². The molecule has 1 aliphatic rings. The Morgan fingerprint density at radius 1 is 1.04 bits per heavy atom. The maximum atomic E-state index is 12.2. The summed E-state index contributed by atoms with van der Waals surface area (Å²) in [6, 6.07) is 13.8. The molecule has 3 nitrogen and oxygen atoms in total. The fourth-order valence-electron chi connectivity index (χ4n) is 3.17. The van der Waals surface area contributed by atoms with Crippen molar-refractivity contribution in [1.29, 1.82) is 0 Å². The van der Waals surface area contributed by atoms with E-state index in [0.717, 1.165) is 35.2 Å². The Bertz CT molecular complexity index is 855. The van der Waals surface area contributed by atoms with Gasteiger partial charge in [-0.05, 0) is 59.2 Å². The quantitative estimate of drug-likeness (QED) is 0.780. The van der Waals surface area contributed by atoms with E-state index in [9.17, 15) is 9.59 Å². The van der Waals surface area contributed by atoms with Crippen LogP contribution in [0.5, 0.6) is 0 Å². The second-order valence-electron chi connectivity index (χ2n) is 7.84. The van der Waals surface area contributed by atoms with Crippen molar-refractivity contribution in [1.82, 2.24) is 0 Å². The van der Waals surface area contributed by atoms with Crippen LogP contribution < -0.4 is 5.32 Å². The molecule has 0 bridgehead atoms. The molecule has 26 heavy (non-hydrogen) atoms. The second-order valence-corrected chi connectivity index (χ2v) is 7.84. The predicted octanol–water partition coefficient (Wildman–Crippen LogP) is 5.16. The summed E-state index contributed by atoms with van der Waals surface area (Å²) < 4.78 is 0. The van der Waals surface area contributed by atoms with Crippen LogP contribution in [0.25, 0.3) is 6.08 Å². The van der Waals surface area contributed by atoms with Crippen LogP contribution in [-0.4, -0.2) is 11.7 Å². The van der Waals surface area contributed by atoms with Gasteiger partial charge in [-0.3, -0.25) is 9.59 Å². The summed E-state index contributed by atoms with van der Waals surface area (Å²) in [5, 5.41) is 2.88. The fraction of sp³-hybridized carbons (Fsp3) is 0.304. The van der Waals surface area contributed by atoms with Crippen molar-refractivity contribution in [3.05, 3.63) is 70.8 Å². The highest BCUT2D eigenvalue weighted by molar-refractivity contribution is 6.03. The van der Waals surface area contributed by atoms with Gasteiger partial charge in [-0.25, -0.2) is 0 Å². The van der Waals surface area contributed by atoms with Crippen molar-refractivity contribution in [2.24, 2.45) is 0 Å². The fourth-order valence-corrected chi connectivity index (χ4v) is 3.17. The molecular weight excluding hydrogens is 322 g/mol. The Hall–Kier alpha value is -2.68. The summed E-state index contributed by atoms with van der Waals surface area (Å²) >= 11 is 0. The molecule has 2 aromatic rings. The van der Waals surface area contributed by atoms with Crippen LogP contribution in [0.1, 0.15) is 60.7 Å². The van der Waals surface area contributed by atoms with Crippen LogP contribution in [0.3, 0.4) is 0 Å². The monoisotopic (exact) mass is 347 g/mol. The van der Waals surface area contributed by atoms with Gasteiger partial charge in [0.2, 0.25) is 5.91 Å². The molecule has 0 radical (unpaired) electrons. The van der Waals surface area contributed by atoms with Crippen molar-refractivity contribution in [3.8, 4) is 0 Å². The van der Waals surface area contributed by atoms with Crippen LogP contribution in [0.2, 0.25) is 0 Å². The van der Waals surface area contributed by atoms with Gasteiger partial charge in [0.05, 0.1) is 0 Å². The highest BCUT2D eigenvalue weighted by Crippen LogP contribution is 2.25. The van der Waals surface area contributed by atoms with Gasteiger partial charge >= 0.3 is 0 Å². The van der Waals surface area contributed by atoms with E-state index in [1.807, 2.05) is 30.3 Å². The number of nitrogens with one attached hydrogen (secondary N) is 1. The first-order chi connectivity index (χ1) is 12.3. The first kappa shape index (κ1) is 18.1. The molecular formula is C23H25NO2. The number of fused-ring (bicyclic) bond motifs is 1. The normalized spacial score (nSPS) is 14.3. The van der Waals surface area contributed by atoms with Gasteiger partial charge < -0.3 is 5.32 Å². The minimum Gasteiger partial charge on any atom is -0.323 e. The van der Waals surface area contributed by atoms with Crippen LogP contribution in [0.4, 0.5) is 5.69 Å². The van der Waals surface area contributed by atoms with E-state index in [0.29, 0.717) is 6.42 Å². The minimum absolute atomic E-state index is 0.119. The third kappa shape index (κ3) is 4.29. The maximum absolute atomic E-state index is 12.2. The number of anilines is 1. The summed E-state index contributed by atoms with van der Waals surface area (Å²) in [5.41, 5.74) is 4.93. The van der Waals surface area contributed by atoms with Crippen molar-refractivity contribution < 1.29 is 9.59 Å². The number of amides is 1. The number of Topliss-reactive ketones (excluding diaryl/α,β-unsaturated/α-hetero) is 1. The number of ketones is 1. The Balaban J connectivity index is 1.65. The standard InChI is InChI=1S/C23H25NO2/c1-23(2,3)18-10-7-16(8-11-18)9-14-22(26)24-19-12-13-20-17(15-19)5-4-6-21(20)25/h7-15H,4-6H2,1-3H3,(H,24,26)/b14-9+. The SMILES string of the molecule is CC(C)(C)c1ccc(/C=C/C(=O)Nc2ccc3c(c2)CCCC3=O)cc1. The number of carbonyl (C=O) groups is 2. The first-order valence-corrected chi connectivity index (χ1v) is 9.09. The molecule has 0 unspecified atom stereocenters. The second kappa shape index (κ2) is 7.28. The van der Waals surface area contributed by atoms with E-state index in [-0.39, 0.29) is 17.1 Å². The maximum Gasteiger partial charge on any atom is 0.248 e. The molecule has 0 aromatic heterocycles. The topological polar surface area (TPSA) is 46.2 Å². The average Bonchev–Trinajstić information content (AvgIpc) is 2.60. The van der Waals surface area contributed by atoms with E-state index < -0.39 is 0 Å². The van der Waals surface area contributed by atoms with E-state index in [1.54, 1.807) is 6.07 Å². The Kier molecular flexibility index (Phi) is 5.08. The number of hydrogen-bond acceptors (Lipinski definition) is 2. The van der Waals surface area contributed by atoms with Crippen molar-refractivity contribution in [2.45, 2.75) is 45.4 Å². The third-order valence-electron chi connectivity index (χ3n) is 4.73. The molecule has 3 rings (SSSR count). The van der Waals surface area contributed by atoms with E-state index >= 15 is 0 Å². The summed E-state index contributed by atoms with van der Waals surface area (Å²) in [6.45, 7) is 6.53. The molecule has 1 amide bonds. The molecule has 0 saturated heterocycles. The molecule has 3 heteroatoms. The number of carbonyl (C=O) groups excluding carboxylic acids is 2. The highest BCUT2D eigenvalue weighted by atomic mass is 16.1. The zero-order valence-electron chi connectivity index (χ0n) is 15.6. The van der Waals surface area contributed by atoms with Crippen LogP contribution in [0.15, 0.2) is 48.5 Å². The Morgan fingerprint density at radius 2 is 1.77 bits per heavy atom. The van der Waals surface area contributed by atoms with Crippen LogP contribution >= 0.6 is 0 Å². The number of hydrogen-bond donors (Lipinski definition) is 1. The zero-order chi connectivity index (χ0) is 18.7. The summed E-state index contributed by atoms with van der Waals surface area (Å²) in [7, 11) is 0. The lowest BCUT2D eigenvalue weighted by Gasteiger charge is -2.18. The lowest BCUT2D eigenvalue weighted by molar-refractivity contribution is -0.111. The number of aryl methyl sites for hydroxylation is 1. The Labute approximate surface area is 155 Å². The molecule has 2 aromatic carbocycles. The van der Waals surface area contributed by atoms with E-state index in [4.69, 9.17) is 0 Å². The molecule has 1 N–H and O–H groups in total. The number of rotatable bonds is 3. The molecule has 0 aliphatic heterocycles. The van der Waals surface area contributed by atoms with E-state index in [2.05, 4.69) is 38.2 Å². The van der Waals surface area contributed by atoms with E-state index in [1.165, 1.54) is 11.6 Å². The van der Waals surface area contributed by atoms with Crippen molar-refractivity contribution >= 4 is 23.5 Å². The molecule has 0 spiro atoms. The third-order valence-corrected chi connectivity index (χ3v) is 4.73. The Morgan fingerprint density at radius 3 is 2.46 bits per heavy atom. The smallest absolute Gasteiger partial charge is 0.248 e. The van der Waals surface area contributed by atoms with Gasteiger partial charge in [-0.1, -0.05) is 45.0 Å². The lowest BCUT2D eigenvalue weighted by Crippen LogP contribution is -2.13. The molecule has 0 atom stereocenters. The lowest BCUT2D eigenvalue weighted by atomic mass is 9.87. The van der Waals surface area contributed by atoms with Crippen LogP contribution in [-0.2, 0) is 16.6 Å². The zero-order valence-corrected chi connectivity index (χ0v) is 15.6. The molecule has 0 saturated carbocycles. The van der Waals surface area contributed by atoms with Crippen molar-refractivity contribution in [3.63, 3.8) is 0 Å². The summed E-state index contributed by atoms with van der Waals surface area (Å²) in [6.07, 6.45) is 5.74. The first-order valence-electron chi connectivity index (χ1n) is 9.09. The number of benzene rings is 2. The largest absolute Gasteiger partial charge is 0.323 e. The molecule has 1 aliphatic carbocycles. The summed E-state index contributed by atoms with van der Waals surface area (Å²) in [5.74, 6) is 0.0229. The van der Waals surface area contributed by atoms with Gasteiger partial charge in [0.25, 0.3) is 0 Å². The van der Waals surface area contributed by atoms with Crippen LogP contribution in [0, 0.1) is 0 Å². The molecule has 0 heterocycles. The molecule has 0 fully saturated rings. The van der Waals surface area contributed by atoms with Gasteiger partial charge in [-0.15, -0.1) is 0 Å². The minimum atomic E-state index is -0.174. The molecule has 134 valence electrons. The summed E-state index contributed by atoms with van der Waals surface area (Å²) in [4.78, 5) is 24.0.